The zero-order chi connectivity index (χ0) is 15.5. The summed E-state index contributed by atoms with van der Waals surface area (Å²) in [6.45, 7) is 2.69. The van der Waals surface area contributed by atoms with Crippen LogP contribution in [-0.2, 0) is 24.4 Å². The molecule has 1 unspecified atom stereocenters. The second kappa shape index (κ2) is 6.36. The Kier molecular flexibility index (Phi) is 3.92. The Hall–Kier alpha value is -2.44. The second-order valence-corrected chi connectivity index (χ2v) is 5.58. The molecule has 0 saturated heterocycles. The van der Waals surface area contributed by atoms with Crippen LogP contribution in [0.3, 0.4) is 0 Å². The third-order valence-electron chi connectivity index (χ3n) is 3.97. The van der Waals surface area contributed by atoms with Crippen LogP contribution in [0.15, 0.2) is 53.1 Å². The van der Waals surface area contributed by atoms with E-state index in [1.165, 1.54) is 0 Å². The molecule has 0 bridgehead atoms. The van der Waals surface area contributed by atoms with Gasteiger partial charge in [0, 0.05) is 12.1 Å². The predicted molar refractivity (Wildman–Crippen MR) is 84.4 cm³/mol. The average molecular weight is 310 g/mol. The molecule has 6 nitrogen and oxygen atoms in total. The number of ether oxygens (including phenoxy) is 1. The van der Waals surface area contributed by atoms with E-state index in [9.17, 15) is 0 Å². The van der Waals surface area contributed by atoms with Crippen molar-refractivity contribution in [2.45, 2.75) is 25.8 Å². The number of hydrogen-bond acceptors (Lipinski definition) is 5. The summed E-state index contributed by atoms with van der Waals surface area (Å²) in [5.41, 5.74) is 3.03. The van der Waals surface area contributed by atoms with Gasteiger partial charge in [-0.05, 0) is 12.1 Å². The van der Waals surface area contributed by atoms with Gasteiger partial charge < -0.3 is 14.5 Å². The molecular formula is C17H18N4O2. The number of nitrogens with one attached hydrogen (secondary N) is 1. The fraction of sp³-hybridized carbons (Fsp3) is 0.294. The van der Waals surface area contributed by atoms with Gasteiger partial charge in [-0.25, -0.2) is 4.68 Å². The van der Waals surface area contributed by atoms with E-state index in [4.69, 9.17) is 9.15 Å². The van der Waals surface area contributed by atoms with Crippen LogP contribution >= 0.6 is 0 Å². The number of furan rings is 1. The molecule has 1 aliphatic rings. The summed E-state index contributed by atoms with van der Waals surface area (Å²) in [5.74, 6) is 0.925. The maximum Gasteiger partial charge on any atom is 0.118 e. The first kappa shape index (κ1) is 14.2. The highest BCUT2D eigenvalue weighted by atomic mass is 16.5. The number of hydrogen-bond donors (Lipinski definition) is 1. The van der Waals surface area contributed by atoms with Crippen LogP contribution in [-0.4, -0.2) is 27.6 Å². The van der Waals surface area contributed by atoms with Crippen LogP contribution in [0.2, 0.25) is 0 Å². The molecule has 4 rings (SSSR count). The van der Waals surface area contributed by atoms with Crippen LogP contribution in [0, 0.1) is 0 Å². The first-order chi connectivity index (χ1) is 11.4. The smallest absolute Gasteiger partial charge is 0.118 e. The van der Waals surface area contributed by atoms with Crippen LogP contribution in [0.25, 0.3) is 11.3 Å². The third-order valence-corrected chi connectivity index (χ3v) is 3.97. The summed E-state index contributed by atoms with van der Waals surface area (Å²) in [5, 5.41) is 11.9. The Morgan fingerprint density at radius 2 is 2.09 bits per heavy atom. The van der Waals surface area contributed by atoms with E-state index in [1.54, 1.807) is 6.26 Å². The average Bonchev–Trinajstić information content (AvgIpc) is 3.25. The predicted octanol–water partition coefficient (Wildman–Crippen LogP) is 2.23. The molecule has 6 heteroatoms. The van der Waals surface area contributed by atoms with Crippen molar-refractivity contribution in [3.63, 3.8) is 0 Å². The minimum atomic E-state index is 0.0859. The first-order valence-electron chi connectivity index (χ1n) is 7.72. The molecule has 1 aromatic carbocycles. The molecule has 0 amide bonds. The molecule has 1 aliphatic heterocycles. The Morgan fingerprint density at radius 1 is 1.17 bits per heavy atom. The monoisotopic (exact) mass is 310 g/mol. The summed E-state index contributed by atoms with van der Waals surface area (Å²) in [6.07, 6.45) is 1.77. The lowest BCUT2D eigenvalue weighted by Gasteiger charge is -2.24. The Labute approximate surface area is 134 Å². The summed E-state index contributed by atoms with van der Waals surface area (Å²) in [6, 6.07) is 13.9. The van der Waals surface area contributed by atoms with Crippen LogP contribution in [0.5, 0.6) is 0 Å². The highest BCUT2D eigenvalue weighted by molar-refractivity contribution is 5.61. The summed E-state index contributed by atoms with van der Waals surface area (Å²) < 4.78 is 13.2. The van der Waals surface area contributed by atoms with Crippen molar-refractivity contribution in [1.82, 2.24) is 20.3 Å². The van der Waals surface area contributed by atoms with Crippen molar-refractivity contribution in [1.29, 1.82) is 0 Å². The molecule has 118 valence electrons. The Balaban J connectivity index is 1.39. The fourth-order valence-corrected chi connectivity index (χ4v) is 2.78. The molecule has 3 heterocycles. The molecule has 2 aromatic heterocycles. The van der Waals surface area contributed by atoms with E-state index in [-0.39, 0.29) is 6.10 Å². The lowest BCUT2D eigenvalue weighted by molar-refractivity contribution is 0.00106. The SMILES string of the molecule is c1ccc(-c2nnn3c2COC(CNCc2ccco2)C3)cc1. The molecule has 1 atom stereocenters. The lowest BCUT2D eigenvalue weighted by Crippen LogP contribution is -2.36. The highest BCUT2D eigenvalue weighted by Crippen LogP contribution is 2.24. The summed E-state index contributed by atoms with van der Waals surface area (Å²) in [7, 11) is 0. The van der Waals surface area contributed by atoms with E-state index < -0.39 is 0 Å². The topological polar surface area (TPSA) is 65.1 Å². The standard InChI is InChI=1S/C17H18N4O2/c1-2-5-13(6-3-1)17-16-12-23-15(11-21(16)20-19-17)10-18-9-14-7-4-8-22-14/h1-8,15,18H,9-12H2. The maximum absolute atomic E-state index is 5.95. The summed E-state index contributed by atoms with van der Waals surface area (Å²) >= 11 is 0. The van der Waals surface area contributed by atoms with E-state index in [2.05, 4.69) is 15.6 Å². The maximum atomic E-state index is 5.95. The lowest BCUT2D eigenvalue weighted by atomic mass is 10.1. The normalized spacial score (nSPS) is 17.1. The van der Waals surface area contributed by atoms with Gasteiger partial charge in [-0.3, -0.25) is 0 Å². The van der Waals surface area contributed by atoms with Crippen LogP contribution in [0.1, 0.15) is 11.5 Å². The van der Waals surface area contributed by atoms with Crippen molar-refractivity contribution in [2.75, 3.05) is 6.54 Å². The fourth-order valence-electron chi connectivity index (χ4n) is 2.78. The zero-order valence-electron chi connectivity index (χ0n) is 12.7. The number of fused-ring (bicyclic) bond motifs is 1. The van der Waals surface area contributed by atoms with Crippen molar-refractivity contribution < 1.29 is 9.15 Å². The molecule has 0 saturated carbocycles. The molecule has 1 N–H and O–H groups in total. The van der Waals surface area contributed by atoms with Gasteiger partial charge in [-0.1, -0.05) is 35.5 Å². The molecule has 0 aliphatic carbocycles. The van der Waals surface area contributed by atoms with Gasteiger partial charge in [0.05, 0.1) is 37.8 Å². The van der Waals surface area contributed by atoms with Crippen molar-refractivity contribution >= 4 is 0 Å². The Morgan fingerprint density at radius 3 is 2.91 bits per heavy atom. The van der Waals surface area contributed by atoms with Gasteiger partial charge in [-0.15, -0.1) is 5.10 Å². The molecular weight excluding hydrogens is 292 g/mol. The van der Waals surface area contributed by atoms with Gasteiger partial charge in [0.1, 0.15) is 11.5 Å². The third kappa shape index (κ3) is 3.04. The molecule has 3 aromatic rings. The number of benzene rings is 1. The molecule has 0 spiro atoms. The van der Waals surface area contributed by atoms with Gasteiger partial charge in [0.2, 0.25) is 0 Å². The van der Waals surface area contributed by atoms with E-state index in [1.807, 2.05) is 47.1 Å². The second-order valence-electron chi connectivity index (χ2n) is 5.58. The van der Waals surface area contributed by atoms with Crippen molar-refractivity contribution in [3.05, 3.63) is 60.2 Å². The molecule has 0 fully saturated rings. The number of rotatable bonds is 5. The van der Waals surface area contributed by atoms with Gasteiger partial charge >= 0.3 is 0 Å². The Bertz CT molecular complexity index is 752. The first-order valence-corrected chi connectivity index (χ1v) is 7.72. The minimum absolute atomic E-state index is 0.0859. The number of nitrogens with zero attached hydrogens (tertiary/aromatic N) is 3. The van der Waals surface area contributed by atoms with Gasteiger partial charge in [-0.2, -0.15) is 0 Å². The van der Waals surface area contributed by atoms with Crippen molar-refractivity contribution in [3.8, 4) is 11.3 Å². The van der Waals surface area contributed by atoms with E-state index in [0.717, 1.165) is 29.3 Å². The van der Waals surface area contributed by atoms with Crippen LogP contribution in [0.4, 0.5) is 0 Å². The molecule has 23 heavy (non-hydrogen) atoms. The quantitative estimate of drug-likeness (QED) is 0.783. The van der Waals surface area contributed by atoms with E-state index >= 15 is 0 Å². The minimum Gasteiger partial charge on any atom is -0.468 e. The number of aromatic nitrogens is 3. The zero-order valence-corrected chi connectivity index (χ0v) is 12.7. The summed E-state index contributed by atoms with van der Waals surface area (Å²) in [4.78, 5) is 0. The van der Waals surface area contributed by atoms with Gasteiger partial charge in [0.25, 0.3) is 0 Å². The van der Waals surface area contributed by atoms with Crippen LogP contribution < -0.4 is 5.32 Å². The van der Waals surface area contributed by atoms with E-state index in [0.29, 0.717) is 19.7 Å². The van der Waals surface area contributed by atoms with Crippen molar-refractivity contribution in [2.24, 2.45) is 0 Å². The van der Waals surface area contributed by atoms with Gasteiger partial charge in [0.15, 0.2) is 0 Å². The molecule has 0 radical (unpaired) electrons. The highest BCUT2D eigenvalue weighted by Gasteiger charge is 2.24. The largest absolute Gasteiger partial charge is 0.468 e.